The van der Waals surface area contributed by atoms with Crippen molar-refractivity contribution in [1.82, 2.24) is 20.4 Å². The van der Waals surface area contributed by atoms with E-state index in [2.05, 4.69) is 20.8 Å². The summed E-state index contributed by atoms with van der Waals surface area (Å²) in [5.74, 6) is 0.864. The Bertz CT molecular complexity index is 1120. The van der Waals surface area contributed by atoms with E-state index < -0.39 is 0 Å². The number of aryl methyl sites for hydroxylation is 1. The van der Waals surface area contributed by atoms with Gasteiger partial charge in [0.25, 0.3) is 11.8 Å². The van der Waals surface area contributed by atoms with Gasteiger partial charge in [0.15, 0.2) is 5.82 Å². The fourth-order valence-corrected chi connectivity index (χ4v) is 4.05. The quantitative estimate of drug-likeness (QED) is 0.526. The lowest BCUT2D eigenvalue weighted by Gasteiger charge is -2.22. The molecule has 0 saturated heterocycles. The highest BCUT2D eigenvalue weighted by Crippen LogP contribution is 2.20. The predicted molar refractivity (Wildman–Crippen MR) is 131 cm³/mol. The molecule has 0 spiro atoms. The summed E-state index contributed by atoms with van der Waals surface area (Å²) in [5, 5.41) is 10.1. The molecule has 8 nitrogen and oxygen atoms in total. The number of urea groups is 1. The third kappa shape index (κ3) is 6.01. The summed E-state index contributed by atoms with van der Waals surface area (Å²) in [4.78, 5) is 31.0. The molecule has 1 saturated carbocycles. The topological polar surface area (TPSA) is 100 Å². The molecule has 0 radical (unpaired) electrons. The lowest BCUT2D eigenvalue weighted by Crippen LogP contribution is -2.36. The molecule has 1 aromatic heterocycles. The minimum absolute atomic E-state index is 0.0447. The molecular formula is C26H31N5O3. The van der Waals surface area contributed by atoms with Gasteiger partial charge in [-0.15, -0.1) is 0 Å². The molecule has 0 atom stereocenters. The number of para-hydroxylation sites is 1. The monoisotopic (exact) mass is 461 g/mol. The number of aromatic nitrogens is 2. The average molecular weight is 462 g/mol. The van der Waals surface area contributed by atoms with E-state index >= 15 is 0 Å². The maximum Gasteiger partial charge on any atom is 0.321 e. The summed E-state index contributed by atoms with van der Waals surface area (Å²) in [6, 6.07) is 14.9. The van der Waals surface area contributed by atoms with Crippen LogP contribution < -0.4 is 10.6 Å². The molecule has 178 valence electrons. The van der Waals surface area contributed by atoms with Crippen LogP contribution in [-0.2, 0) is 6.42 Å². The van der Waals surface area contributed by atoms with Gasteiger partial charge in [-0.05, 0) is 55.7 Å². The third-order valence-electron chi connectivity index (χ3n) is 6.21. The number of hydrogen-bond donors (Lipinski definition) is 2. The van der Waals surface area contributed by atoms with Gasteiger partial charge in [-0.3, -0.25) is 4.79 Å². The molecule has 0 unspecified atom stereocenters. The first-order valence-corrected chi connectivity index (χ1v) is 11.8. The molecule has 2 aromatic carbocycles. The predicted octanol–water partition coefficient (Wildman–Crippen LogP) is 4.81. The summed E-state index contributed by atoms with van der Waals surface area (Å²) in [6.45, 7) is 2.39. The van der Waals surface area contributed by atoms with Crippen LogP contribution in [0.15, 0.2) is 53.1 Å². The second kappa shape index (κ2) is 11.0. The molecule has 4 rings (SSSR count). The highest BCUT2D eigenvalue weighted by Gasteiger charge is 2.17. The molecule has 3 amide bonds. The molecule has 34 heavy (non-hydrogen) atoms. The van der Waals surface area contributed by atoms with E-state index in [0.717, 1.165) is 29.7 Å². The van der Waals surface area contributed by atoms with Gasteiger partial charge in [-0.1, -0.05) is 42.6 Å². The maximum absolute atomic E-state index is 12.5. The van der Waals surface area contributed by atoms with Crippen LogP contribution in [0.2, 0.25) is 0 Å². The molecule has 1 heterocycles. The first-order valence-electron chi connectivity index (χ1n) is 11.8. The second-order valence-electron chi connectivity index (χ2n) is 8.82. The molecule has 1 aliphatic carbocycles. The van der Waals surface area contributed by atoms with Crippen LogP contribution >= 0.6 is 0 Å². The summed E-state index contributed by atoms with van der Waals surface area (Å²) >= 11 is 0. The van der Waals surface area contributed by atoms with E-state index in [4.69, 9.17) is 4.52 Å². The summed E-state index contributed by atoms with van der Waals surface area (Å²) in [7, 11) is 1.73. The largest absolute Gasteiger partial charge is 0.349 e. The Balaban J connectivity index is 1.29. The Hall–Kier alpha value is -3.68. The van der Waals surface area contributed by atoms with Crippen molar-refractivity contribution in [1.29, 1.82) is 0 Å². The maximum atomic E-state index is 12.5. The minimum atomic E-state index is -0.194. The minimum Gasteiger partial charge on any atom is -0.349 e. The highest BCUT2D eigenvalue weighted by molar-refractivity contribution is 5.94. The fourth-order valence-electron chi connectivity index (χ4n) is 4.05. The van der Waals surface area contributed by atoms with E-state index in [1.807, 2.05) is 43.3 Å². The van der Waals surface area contributed by atoms with Crippen molar-refractivity contribution in [2.75, 3.05) is 18.9 Å². The van der Waals surface area contributed by atoms with Crippen LogP contribution in [0.4, 0.5) is 10.5 Å². The zero-order valence-electron chi connectivity index (χ0n) is 19.7. The normalized spacial score (nSPS) is 13.9. The number of likely N-dealkylation sites (N-methyl/N-ethyl adjacent to an activating group) is 1. The van der Waals surface area contributed by atoms with E-state index in [0.29, 0.717) is 30.2 Å². The van der Waals surface area contributed by atoms with Crippen molar-refractivity contribution < 1.29 is 14.1 Å². The van der Waals surface area contributed by atoms with Gasteiger partial charge < -0.3 is 20.1 Å². The number of nitrogens with zero attached hydrogens (tertiary/aromatic N) is 3. The van der Waals surface area contributed by atoms with Gasteiger partial charge in [0.1, 0.15) is 0 Å². The van der Waals surface area contributed by atoms with E-state index in [1.54, 1.807) is 24.1 Å². The van der Waals surface area contributed by atoms with Gasteiger partial charge in [-0.2, -0.15) is 4.98 Å². The Morgan fingerprint density at radius 2 is 1.79 bits per heavy atom. The fraction of sp³-hybridized carbons (Fsp3) is 0.385. The third-order valence-corrected chi connectivity index (χ3v) is 6.21. The van der Waals surface area contributed by atoms with Crippen LogP contribution in [0.3, 0.4) is 0 Å². The van der Waals surface area contributed by atoms with Crippen molar-refractivity contribution in [2.24, 2.45) is 0 Å². The molecule has 3 aromatic rings. The summed E-state index contributed by atoms with van der Waals surface area (Å²) in [6.07, 6.45) is 6.18. The van der Waals surface area contributed by atoms with Gasteiger partial charge >= 0.3 is 6.03 Å². The number of carbonyl (C=O) groups is 2. The molecule has 2 N–H and O–H groups in total. The zero-order valence-corrected chi connectivity index (χ0v) is 19.7. The average Bonchev–Trinajstić information content (AvgIpc) is 3.34. The van der Waals surface area contributed by atoms with Crippen LogP contribution in [-0.4, -0.2) is 46.6 Å². The number of hydrogen-bond acceptors (Lipinski definition) is 5. The summed E-state index contributed by atoms with van der Waals surface area (Å²) < 4.78 is 5.40. The van der Waals surface area contributed by atoms with Gasteiger partial charge in [0, 0.05) is 42.9 Å². The smallest absolute Gasteiger partial charge is 0.321 e. The zero-order chi connectivity index (χ0) is 23.9. The van der Waals surface area contributed by atoms with Crippen molar-refractivity contribution in [3.05, 3.63) is 65.5 Å². The highest BCUT2D eigenvalue weighted by atomic mass is 16.5. The Labute approximate surface area is 199 Å². The lowest BCUT2D eigenvalue weighted by atomic mass is 9.95. The van der Waals surface area contributed by atoms with Crippen molar-refractivity contribution in [3.8, 4) is 11.5 Å². The van der Waals surface area contributed by atoms with Gasteiger partial charge in [0.2, 0.25) is 0 Å². The first kappa shape index (κ1) is 23.5. The molecule has 1 aliphatic rings. The molecule has 0 bridgehead atoms. The van der Waals surface area contributed by atoms with Crippen LogP contribution in [0.1, 0.15) is 53.8 Å². The number of rotatable bonds is 7. The van der Waals surface area contributed by atoms with Crippen LogP contribution in [0.25, 0.3) is 11.5 Å². The number of benzene rings is 2. The van der Waals surface area contributed by atoms with E-state index in [9.17, 15) is 9.59 Å². The number of anilines is 1. The van der Waals surface area contributed by atoms with Crippen LogP contribution in [0, 0.1) is 6.92 Å². The Morgan fingerprint density at radius 1 is 1.06 bits per heavy atom. The van der Waals surface area contributed by atoms with Crippen LogP contribution in [0.5, 0.6) is 0 Å². The standard InChI is InChI=1S/C26H31N5O3/c1-18-8-6-7-11-22(18)28-26(33)31(2)17-16-23-29-25(34-30-23)20-14-12-19(13-15-20)24(32)27-21-9-4-3-5-10-21/h6-8,11-15,21H,3-5,9-10,16-17H2,1-2H3,(H,27,32)(H,28,33). The number of amides is 3. The molecular weight excluding hydrogens is 430 g/mol. The first-order chi connectivity index (χ1) is 16.5. The number of carbonyl (C=O) groups excluding carboxylic acids is 2. The van der Waals surface area contributed by atoms with Crippen molar-refractivity contribution >= 4 is 17.6 Å². The second-order valence-corrected chi connectivity index (χ2v) is 8.82. The summed E-state index contributed by atoms with van der Waals surface area (Å²) in [5.41, 5.74) is 3.16. The van der Waals surface area contributed by atoms with Gasteiger partial charge in [0.05, 0.1) is 0 Å². The van der Waals surface area contributed by atoms with Crippen molar-refractivity contribution in [2.45, 2.75) is 51.5 Å². The molecule has 0 aliphatic heterocycles. The van der Waals surface area contributed by atoms with E-state index in [1.165, 1.54) is 19.3 Å². The molecule has 1 fully saturated rings. The lowest BCUT2D eigenvalue weighted by molar-refractivity contribution is 0.0927. The van der Waals surface area contributed by atoms with Gasteiger partial charge in [-0.25, -0.2) is 4.79 Å². The SMILES string of the molecule is Cc1ccccc1NC(=O)N(C)CCc1noc(-c2ccc(C(=O)NC3CCCCC3)cc2)n1. The van der Waals surface area contributed by atoms with Crippen molar-refractivity contribution in [3.63, 3.8) is 0 Å². The molecule has 8 heteroatoms. The number of nitrogens with one attached hydrogen (secondary N) is 2. The Kier molecular flexibility index (Phi) is 7.57. The van der Waals surface area contributed by atoms with E-state index in [-0.39, 0.29) is 18.0 Å². The Morgan fingerprint density at radius 3 is 2.53 bits per heavy atom.